The van der Waals surface area contributed by atoms with Gasteiger partial charge in [0.15, 0.2) is 6.04 Å². The minimum Gasteiger partial charge on any atom is -0.320 e. The Bertz CT molecular complexity index is 917. The van der Waals surface area contributed by atoms with Crippen LogP contribution in [0.15, 0.2) is 54.6 Å². The van der Waals surface area contributed by atoms with E-state index >= 15 is 0 Å². The molecule has 1 aliphatic rings. The van der Waals surface area contributed by atoms with Crippen LogP contribution in [0.2, 0.25) is 0 Å². The second-order valence-corrected chi connectivity index (χ2v) is 8.92. The Morgan fingerprint density at radius 1 is 1.07 bits per heavy atom. The molecule has 29 heavy (non-hydrogen) atoms. The molecule has 4 rings (SSSR count). The zero-order chi connectivity index (χ0) is 20.2. The summed E-state index contributed by atoms with van der Waals surface area (Å²) in [7, 11) is 0. The van der Waals surface area contributed by atoms with Gasteiger partial charge in [-0.15, -0.1) is 11.3 Å². The highest BCUT2D eigenvalue weighted by Crippen LogP contribution is 2.20. The summed E-state index contributed by atoms with van der Waals surface area (Å²) in [6.45, 7) is 10.0. The first-order valence-corrected chi connectivity index (χ1v) is 11.4. The summed E-state index contributed by atoms with van der Waals surface area (Å²) in [5.41, 5.74) is 2.10. The van der Waals surface area contributed by atoms with Crippen molar-refractivity contribution in [2.75, 3.05) is 37.6 Å². The van der Waals surface area contributed by atoms with Crippen LogP contribution in [0.25, 0.3) is 10.2 Å². The van der Waals surface area contributed by atoms with Gasteiger partial charge in [-0.3, -0.25) is 4.79 Å². The van der Waals surface area contributed by atoms with Gasteiger partial charge >= 0.3 is 0 Å². The molecule has 0 saturated carbocycles. The molecule has 0 aliphatic carbocycles. The third-order valence-electron chi connectivity index (χ3n) is 5.97. The molecule has 2 aromatic carbocycles. The fraction of sp³-hybridized carbons (Fsp3) is 0.391. The van der Waals surface area contributed by atoms with Crippen LogP contribution in [-0.2, 0) is 11.3 Å². The number of hydrogen-bond donors (Lipinski definition) is 2. The maximum absolute atomic E-state index is 13.1. The van der Waals surface area contributed by atoms with Crippen molar-refractivity contribution < 1.29 is 14.6 Å². The number of nitrogens with one attached hydrogen (secondary N) is 2. The highest BCUT2D eigenvalue weighted by molar-refractivity contribution is 7.18. The average Bonchev–Trinajstić information content (AvgIpc) is 3.17. The molecular formula is C23H30N4OS+2. The lowest BCUT2D eigenvalue weighted by atomic mass is 10.2. The zero-order valence-corrected chi connectivity index (χ0v) is 18.0. The molecule has 2 heterocycles. The molecule has 1 aromatic heterocycles. The molecule has 1 amide bonds. The van der Waals surface area contributed by atoms with Crippen molar-refractivity contribution in [3.05, 3.63) is 59.6 Å². The number of para-hydroxylation sites is 2. The predicted octanol–water partition coefficient (Wildman–Crippen LogP) is 1.02. The Morgan fingerprint density at radius 3 is 2.45 bits per heavy atom. The molecule has 0 radical (unpaired) electrons. The van der Waals surface area contributed by atoms with Gasteiger partial charge < -0.3 is 14.7 Å². The number of thiazole rings is 1. The number of quaternary nitrogens is 2. The fourth-order valence-electron chi connectivity index (χ4n) is 4.23. The van der Waals surface area contributed by atoms with Gasteiger partial charge in [-0.25, -0.2) is 4.98 Å². The van der Waals surface area contributed by atoms with E-state index in [2.05, 4.69) is 25.1 Å². The van der Waals surface area contributed by atoms with Crippen molar-refractivity contribution >= 4 is 33.1 Å². The number of aromatic nitrogens is 1. The van der Waals surface area contributed by atoms with Crippen LogP contribution in [0.3, 0.4) is 0 Å². The normalized spacial score (nSPS) is 20.5. The van der Waals surface area contributed by atoms with Gasteiger partial charge in [-0.1, -0.05) is 30.3 Å². The number of likely N-dealkylation sites (N-methyl/N-ethyl adjacent to an activating group) is 1. The van der Waals surface area contributed by atoms with Crippen LogP contribution in [0, 0.1) is 0 Å². The van der Waals surface area contributed by atoms with Gasteiger partial charge in [0.1, 0.15) is 37.7 Å². The number of piperazine rings is 1. The maximum Gasteiger partial charge on any atom is 0.284 e. The molecule has 3 aromatic rings. The number of carbonyl (C=O) groups is 1. The number of rotatable bonds is 6. The van der Waals surface area contributed by atoms with Gasteiger partial charge in [-0.2, -0.15) is 0 Å². The summed E-state index contributed by atoms with van der Waals surface area (Å²) in [4.78, 5) is 22.8. The van der Waals surface area contributed by atoms with E-state index in [4.69, 9.17) is 4.98 Å². The Labute approximate surface area is 176 Å². The highest BCUT2D eigenvalue weighted by atomic mass is 32.1. The first-order valence-electron chi connectivity index (χ1n) is 10.5. The lowest BCUT2D eigenvalue weighted by molar-refractivity contribution is -1.02. The number of hydrogen-bond acceptors (Lipinski definition) is 3. The van der Waals surface area contributed by atoms with Crippen LogP contribution in [0.4, 0.5) is 5.69 Å². The van der Waals surface area contributed by atoms with E-state index in [0.29, 0.717) is 6.54 Å². The first kappa shape index (κ1) is 20.0. The van der Waals surface area contributed by atoms with E-state index in [9.17, 15) is 4.79 Å². The minimum absolute atomic E-state index is 0.0147. The molecule has 0 unspecified atom stereocenters. The van der Waals surface area contributed by atoms with E-state index in [1.165, 1.54) is 14.6 Å². The lowest BCUT2D eigenvalue weighted by Crippen LogP contribution is -3.29. The van der Waals surface area contributed by atoms with Crippen molar-refractivity contribution in [2.24, 2.45) is 0 Å². The summed E-state index contributed by atoms with van der Waals surface area (Å²) in [5.74, 6) is 0.225. The van der Waals surface area contributed by atoms with Crippen molar-refractivity contribution in [3.8, 4) is 0 Å². The second-order valence-electron chi connectivity index (χ2n) is 7.80. The number of anilines is 1. The van der Waals surface area contributed by atoms with E-state index in [-0.39, 0.29) is 11.9 Å². The van der Waals surface area contributed by atoms with E-state index in [0.717, 1.165) is 43.9 Å². The third kappa shape index (κ3) is 4.50. The molecule has 1 saturated heterocycles. The Balaban J connectivity index is 1.34. The lowest BCUT2D eigenvalue weighted by Gasteiger charge is -2.34. The predicted molar refractivity (Wildman–Crippen MR) is 119 cm³/mol. The topological polar surface area (TPSA) is 42.1 Å². The number of carbonyl (C=O) groups excluding carboxylic acids is 1. The zero-order valence-electron chi connectivity index (χ0n) is 17.2. The molecule has 1 aliphatic heterocycles. The van der Waals surface area contributed by atoms with Crippen LogP contribution in [0.5, 0.6) is 0 Å². The Kier molecular flexibility index (Phi) is 6.23. The van der Waals surface area contributed by atoms with Gasteiger partial charge in [0.05, 0.1) is 10.2 Å². The molecule has 5 nitrogen and oxygen atoms in total. The molecule has 1 fully saturated rings. The number of amides is 1. The summed E-state index contributed by atoms with van der Waals surface area (Å²) in [6.07, 6.45) is 0. The monoisotopic (exact) mass is 410 g/mol. The summed E-state index contributed by atoms with van der Waals surface area (Å²) in [5, 5.41) is 1.22. The maximum atomic E-state index is 13.1. The van der Waals surface area contributed by atoms with Crippen molar-refractivity contribution in [1.29, 1.82) is 0 Å². The van der Waals surface area contributed by atoms with Crippen LogP contribution >= 0.6 is 11.3 Å². The minimum atomic E-state index is -0.0147. The number of benzene rings is 2. The summed E-state index contributed by atoms with van der Waals surface area (Å²) < 4.78 is 1.27. The highest BCUT2D eigenvalue weighted by Gasteiger charge is 2.33. The number of fused-ring (bicyclic) bond motifs is 1. The van der Waals surface area contributed by atoms with Crippen LogP contribution in [0.1, 0.15) is 18.9 Å². The van der Waals surface area contributed by atoms with Gasteiger partial charge in [0.25, 0.3) is 5.91 Å². The number of nitrogens with zero attached hydrogens (tertiary/aromatic N) is 2. The third-order valence-corrected chi connectivity index (χ3v) is 7.01. The molecular weight excluding hydrogens is 380 g/mol. The fourth-order valence-corrected chi connectivity index (χ4v) is 5.26. The SMILES string of the molecule is CCN(C(=O)[C@H](C)[NH+]1CC[NH+](Cc2nc3ccccc3s2)CC1)c1ccccc1. The molecule has 6 heteroatoms. The Hall–Kier alpha value is -2.28. The smallest absolute Gasteiger partial charge is 0.284 e. The van der Waals surface area contributed by atoms with Crippen LogP contribution in [-0.4, -0.2) is 49.7 Å². The molecule has 1 atom stereocenters. The molecule has 152 valence electrons. The first-order chi connectivity index (χ1) is 14.2. The largest absolute Gasteiger partial charge is 0.320 e. The van der Waals surface area contributed by atoms with E-state index in [1.54, 1.807) is 4.90 Å². The molecule has 0 bridgehead atoms. The standard InChI is InChI=1S/C23H28N4OS/c1-3-27(19-9-5-4-6-10-19)23(28)18(2)26-15-13-25(14-16-26)17-22-24-20-11-7-8-12-21(20)29-22/h4-12,18H,3,13-17H2,1-2H3/p+2/t18-/m0/s1. The van der Waals surface area contributed by atoms with Gasteiger partial charge in [-0.05, 0) is 38.1 Å². The van der Waals surface area contributed by atoms with Crippen molar-refractivity contribution in [2.45, 2.75) is 26.4 Å². The summed E-state index contributed by atoms with van der Waals surface area (Å²) in [6, 6.07) is 18.4. The summed E-state index contributed by atoms with van der Waals surface area (Å²) >= 11 is 1.81. The molecule has 2 N–H and O–H groups in total. The van der Waals surface area contributed by atoms with E-state index in [1.807, 2.05) is 59.6 Å². The van der Waals surface area contributed by atoms with Crippen molar-refractivity contribution in [3.63, 3.8) is 0 Å². The van der Waals surface area contributed by atoms with E-state index < -0.39 is 0 Å². The average molecular weight is 411 g/mol. The second kappa shape index (κ2) is 9.03. The van der Waals surface area contributed by atoms with Crippen molar-refractivity contribution in [1.82, 2.24) is 4.98 Å². The quantitative estimate of drug-likeness (QED) is 0.637. The van der Waals surface area contributed by atoms with Gasteiger partial charge in [0.2, 0.25) is 0 Å². The van der Waals surface area contributed by atoms with Crippen LogP contribution < -0.4 is 14.7 Å². The van der Waals surface area contributed by atoms with Gasteiger partial charge in [0, 0.05) is 12.2 Å². The molecule has 0 spiro atoms. The Morgan fingerprint density at radius 2 is 1.76 bits per heavy atom.